The number of ether oxygens (including phenoxy) is 2. The van der Waals surface area contributed by atoms with E-state index in [1.54, 1.807) is 42.6 Å². The Kier molecular flexibility index (Phi) is 6.44. The Hall–Kier alpha value is -2.74. The maximum Gasteiger partial charge on any atom is 0.276 e. The van der Waals surface area contributed by atoms with Crippen molar-refractivity contribution in [1.29, 1.82) is 0 Å². The lowest BCUT2D eigenvalue weighted by Crippen LogP contribution is -2.44. The second kappa shape index (κ2) is 8.78. The first-order chi connectivity index (χ1) is 11.7. The maximum atomic E-state index is 12.1. The molecular formula is C16H17N3O4S. The van der Waals surface area contributed by atoms with Crippen molar-refractivity contribution < 1.29 is 19.1 Å². The number of para-hydroxylation sites is 2. The molecule has 0 bridgehead atoms. The molecule has 2 aromatic rings. The van der Waals surface area contributed by atoms with Gasteiger partial charge in [0.1, 0.15) is 5.03 Å². The van der Waals surface area contributed by atoms with E-state index < -0.39 is 11.8 Å². The van der Waals surface area contributed by atoms with E-state index in [2.05, 4.69) is 15.8 Å². The molecule has 1 heterocycles. The standard InChI is InChI=1S/C16H17N3O4S/c1-22-12-7-3-4-8-13(12)23-10-14(20)18-19-15(21)11-6-5-9-17-16(11)24-2/h3-9H,10H2,1-2H3,(H,18,20)(H,19,21). The molecule has 0 radical (unpaired) electrons. The molecule has 0 spiro atoms. The Balaban J connectivity index is 1.86. The minimum absolute atomic E-state index is 0.261. The van der Waals surface area contributed by atoms with Crippen LogP contribution in [0.5, 0.6) is 11.5 Å². The van der Waals surface area contributed by atoms with Crippen LogP contribution in [0.25, 0.3) is 0 Å². The fourth-order valence-corrected chi connectivity index (χ4v) is 2.38. The first kappa shape index (κ1) is 17.6. The van der Waals surface area contributed by atoms with Gasteiger partial charge in [-0.1, -0.05) is 12.1 Å². The summed E-state index contributed by atoms with van der Waals surface area (Å²) in [5.41, 5.74) is 5.02. The smallest absolute Gasteiger partial charge is 0.276 e. The van der Waals surface area contributed by atoms with Gasteiger partial charge in [-0.3, -0.25) is 20.4 Å². The Morgan fingerprint density at radius 2 is 1.88 bits per heavy atom. The Bertz CT molecular complexity index is 724. The SMILES string of the molecule is COc1ccccc1OCC(=O)NNC(=O)c1cccnc1SC. The van der Waals surface area contributed by atoms with E-state index in [-0.39, 0.29) is 6.61 Å². The molecule has 126 valence electrons. The zero-order valence-corrected chi connectivity index (χ0v) is 14.1. The monoisotopic (exact) mass is 347 g/mol. The summed E-state index contributed by atoms with van der Waals surface area (Å²) in [6, 6.07) is 10.3. The van der Waals surface area contributed by atoms with Crippen LogP contribution in [0, 0.1) is 0 Å². The van der Waals surface area contributed by atoms with Gasteiger partial charge in [0.2, 0.25) is 0 Å². The third kappa shape index (κ3) is 4.63. The summed E-state index contributed by atoms with van der Waals surface area (Å²) in [5, 5.41) is 0.578. The van der Waals surface area contributed by atoms with Crippen LogP contribution in [-0.4, -0.2) is 36.8 Å². The van der Waals surface area contributed by atoms with Crippen LogP contribution in [0.15, 0.2) is 47.6 Å². The lowest BCUT2D eigenvalue weighted by atomic mass is 10.3. The summed E-state index contributed by atoms with van der Waals surface area (Å²) in [7, 11) is 1.51. The number of nitrogens with one attached hydrogen (secondary N) is 2. The molecule has 0 saturated carbocycles. The van der Waals surface area contributed by atoms with E-state index in [0.29, 0.717) is 22.1 Å². The molecule has 0 atom stereocenters. The van der Waals surface area contributed by atoms with Gasteiger partial charge in [0, 0.05) is 6.20 Å². The number of hydrazine groups is 1. The van der Waals surface area contributed by atoms with Crippen molar-refractivity contribution >= 4 is 23.6 Å². The highest BCUT2D eigenvalue weighted by Crippen LogP contribution is 2.25. The molecule has 2 amide bonds. The van der Waals surface area contributed by atoms with Gasteiger partial charge in [0.15, 0.2) is 18.1 Å². The van der Waals surface area contributed by atoms with Crippen molar-refractivity contribution in [3.63, 3.8) is 0 Å². The predicted molar refractivity (Wildman–Crippen MR) is 90.1 cm³/mol. The molecule has 7 nitrogen and oxygen atoms in total. The number of benzene rings is 1. The second-order valence-corrected chi connectivity index (χ2v) is 5.30. The average Bonchev–Trinajstić information content (AvgIpc) is 2.64. The molecule has 24 heavy (non-hydrogen) atoms. The highest BCUT2D eigenvalue weighted by molar-refractivity contribution is 7.98. The quantitative estimate of drug-likeness (QED) is 0.610. The molecule has 0 aliphatic carbocycles. The predicted octanol–water partition coefficient (Wildman–Crippen LogP) is 1.65. The third-order valence-electron chi connectivity index (χ3n) is 2.95. The van der Waals surface area contributed by atoms with Crippen molar-refractivity contribution in [1.82, 2.24) is 15.8 Å². The van der Waals surface area contributed by atoms with Crippen LogP contribution < -0.4 is 20.3 Å². The van der Waals surface area contributed by atoms with Crippen LogP contribution in [0.3, 0.4) is 0 Å². The highest BCUT2D eigenvalue weighted by atomic mass is 32.2. The molecule has 0 saturated heterocycles. The summed E-state index contributed by atoms with van der Waals surface area (Å²) >= 11 is 1.35. The van der Waals surface area contributed by atoms with Gasteiger partial charge in [-0.2, -0.15) is 0 Å². The minimum atomic E-state index is -0.496. The number of methoxy groups -OCH3 is 1. The van der Waals surface area contributed by atoms with Crippen molar-refractivity contribution in [3.05, 3.63) is 48.2 Å². The van der Waals surface area contributed by atoms with Gasteiger partial charge >= 0.3 is 0 Å². The summed E-state index contributed by atoms with van der Waals surface area (Å²) < 4.78 is 10.5. The Morgan fingerprint density at radius 3 is 2.58 bits per heavy atom. The van der Waals surface area contributed by atoms with Crippen molar-refractivity contribution in [2.24, 2.45) is 0 Å². The molecular weight excluding hydrogens is 330 g/mol. The molecule has 8 heteroatoms. The number of aromatic nitrogens is 1. The van der Waals surface area contributed by atoms with Crippen molar-refractivity contribution in [2.45, 2.75) is 5.03 Å². The fraction of sp³-hybridized carbons (Fsp3) is 0.188. The van der Waals surface area contributed by atoms with E-state index in [0.717, 1.165) is 0 Å². The van der Waals surface area contributed by atoms with E-state index in [4.69, 9.17) is 9.47 Å². The summed E-state index contributed by atoms with van der Waals surface area (Å²) in [4.78, 5) is 27.9. The lowest BCUT2D eigenvalue weighted by Gasteiger charge is -2.11. The summed E-state index contributed by atoms with van der Waals surface area (Å²) in [5.74, 6) is 0.0228. The van der Waals surface area contributed by atoms with Gasteiger partial charge in [0.25, 0.3) is 11.8 Å². The van der Waals surface area contributed by atoms with E-state index in [1.807, 2.05) is 6.26 Å². The second-order valence-electron chi connectivity index (χ2n) is 4.50. The molecule has 1 aromatic carbocycles. The topological polar surface area (TPSA) is 89.5 Å². The normalized spacial score (nSPS) is 9.92. The summed E-state index contributed by atoms with van der Waals surface area (Å²) in [6.07, 6.45) is 3.42. The number of thioether (sulfide) groups is 1. The minimum Gasteiger partial charge on any atom is -0.493 e. The summed E-state index contributed by atoms with van der Waals surface area (Å²) in [6.45, 7) is -0.261. The molecule has 2 rings (SSSR count). The van der Waals surface area contributed by atoms with Gasteiger partial charge in [-0.15, -0.1) is 11.8 Å². The highest BCUT2D eigenvalue weighted by Gasteiger charge is 2.13. The first-order valence-electron chi connectivity index (χ1n) is 6.99. The maximum absolute atomic E-state index is 12.1. The molecule has 0 aliphatic heterocycles. The van der Waals surface area contributed by atoms with Crippen LogP contribution in [0.1, 0.15) is 10.4 Å². The van der Waals surface area contributed by atoms with Gasteiger partial charge in [0.05, 0.1) is 12.7 Å². The zero-order chi connectivity index (χ0) is 17.4. The van der Waals surface area contributed by atoms with Gasteiger partial charge < -0.3 is 9.47 Å². The van der Waals surface area contributed by atoms with Gasteiger partial charge in [-0.05, 0) is 30.5 Å². The number of carbonyl (C=O) groups excluding carboxylic acids is 2. The number of amides is 2. The van der Waals surface area contributed by atoms with Crippen LogP contribution in [0.4, 0.5) is 0 Å². The van der Waals surface area contributed by atoms with Crippen molar-refractivity contribution in [3.8, 4) is 11.5 Å². The zero-order valence-electron chi connectivity index (χ0n) is 13.2. The number of hydrogen-bond donors (Lipinski definition) is 2. The van der Waals surface area contributed by atoms with Crippen LogP contribution >= 0.6 is 11.8 Å². The largest absolute Gasteiger partial charge is 0.493 e. The molecule has 2 N–H and O–H groups in total. The van der Waals surface area contributed by atoms with E-state index in [1.165, 1.54) is 18.9 Å². The molecule has 0 fully saturated rings. The van der Waals surface area contributed by atoms with Crippen molar-refractivity contribution in [2.75, 3.05) is 20.0 Å². The first-order valence-corrected chi connectivity index (χ1v) is 8.22. The number of carbonyl (C=O) groups is 2. The fourth-order valence-electron chi connectivity index (χ4n) is 1.84. The Morgan fingerprint density at radius 1 is 1.12 bits per heavy atom. The number of pyridine rings is 1. The van der Waals surface area contributed by atoms with E-state index in [9.17, 15) is 9.59 Å². The molecule has 0 unspecified atom stereocenters. The van der Waals surface area contributed by atoms with Crippen LogP contribution in [-0.2, 0) is 4.79 Å². The number of rotatable bonds is 6. The number of nitrogens with zero attached hydrogens (tertiary/aromatic N) is 1. The third-order valence-corrected chi connectivity index (χ3v) is 3.66. The van der Waals surface area contributed by atoms with Crippen LogP contribution in [0.2, 0.25) is 0 Å². The molecule has 0 aliphatic rings. The Labute approximate surface area is 143 Å². The number of hydrogen-bond acceptors (Lipinski definition) is 6. The average molecular weight is 347 g/mol. The van der Waals surface area contributed by atoms with Gasteiger partial charge in [-0.25, -0.2) is 4.98 Å². The molecule has 1 aromatic heterocycles. The van der Waals surface area contributed by atoms with E-state index >= 15 is 0 Å². The lowest BCUT2D eigenvalue weighted by molar-refractivity contribution is -0.123.